The van der Waals surface area contributed by atoms with Crippen LogP contribution >= 0.6 is 0 Å². The summed E-state index contributed by atoms with van der Waals surface area (Å²) in [6.07, 6.45) is 3.45. The van der Waals surface area contributed by atoms with Crippen LogP contribution < -0.4 is 20.1 Å². The van der Waals surface area contributed by atoms with Crippen LogP contribution in [-0.2, 0) is 6.42 Å². The van der Waals surface area contributed by atoms with E-state index >= 15 is 0 Å². The standard InChI is InChI=1S/C21H21FN4O3/c1-28-16-7-8-19(29-2)17(11-16)26-20-13-24-18(12-25-20)21(27)23-10-9-14-3-5-15(22)6-4-14/h3-8,11-13H,9-10H2,1-2H3,(H,23,27)(H,25,26). The Hall–Kier alpha value is -3.68. The molecule has 0 saturated heterocycles. The molecule has 0 bridgehead atoms. The smallest absolute Gasteiger partial charge is 0.271 e. The molecule has 3 rings (SSSR count). The van der Waals surface area contributed by atoms with Gasteiger partial charge < -0.3 is 20.1 Å². The third-order valence-electron chi connectivity index (χ3n) is 4.17. The van der Waals surface area contributed by atoms with Gasteiger partial charge in [0.15, 0.2) is 0 Å². The first kappa shape index (κ1) is 20.1. The number of methoxy groups -OCH3 is 2. The molecule has 0 atom stereocenters. The molecule has 2 N–H and O–H groups in total. The molecule has 8 heteroatoms. The Balaban J connectivity index is 1.58. The molecule has 0 aliphatic carbocycles. The number of hydrogen-bond donors (Lipinski definition) is 2. The monoisotopic (exact) mass is 396 g/mol. The lowest BCUT2D eigenvalue weighted by Crippen LogP contribution is -2.26. The summed E-state index contributed by atoms with van der Waals surface area (Å²) in [5.74, 6) is 1.13. The fourth-order valence-corrected chi connectivity index (χ4v) is 2.62. The zero-order valence-corrected chi connectivity index (χ0v) is 16.1. The van der Waals surface area contributed by atoms with Crippen molar-refractivity contribution in [2.75, 3.05) is 26.1 Å². The molecule has 7 nitrogen and oxygen atoms in total. The van der Waals surface area contributed by atoms with Crippen molar-refractivity contribution < 1.29 is 18.7 Å². The molecule has 1 heterocycles. The molecule has 0 radical (unpaired) electrons. The highest BCUT2D eigenvalue weighted by atomic mass is 19.1. The first-order valence-corrected chi connectivity index (χ1v) is 8.93. The maximum Gasteiger partial charge on any atom is 0.271 e. The van der Waals surface area contributed by atoms with E-state index in [0.717, 1.165) is 5.56 Å². The summed E-state index contributed by atoms with van der Waals surface area (Å²) in [5.41, 5.74) is 1.80. The van der Waals surface area contributed by atoms with E-state index in [4.69, 9.17) is 9.47 Å². The summed E-state index contributed by atoms with van der Waals surface area (Å²) in [5, 5.41) is 5.86. The zero-order chi connectivity index (χ0) is 20.6. The van der Waals surface area contributed by atoms with Crippen molar-refractivity contribution in [3.63, 3.8) is 0 Å². The van der Waals surface area contributed by atoms with Gasteiger partial charge >= 0.3 is 0 Å². The van der Waals surface area contributed by atoms with Crippen LogP contribution in [0.15, 0.2) is 54.9 Å². The number of carbonyl (C=O) groups is 1. The summed E-state index contributed by atoms with van der Waals surface area (Å²) in [4.78, 5) is 20.6. The molecule has 3 aromatic rings. The quantitative estimate of drug-likeness (QED) is 0.607. The van der Waals surface area contributed by atoms with E-state index in [9.17, 15) is 9.18 Å². The molecule has 150 valence electrons. The number of anilines is 2. The first-order valence-electron chi connectivity index (χ1n) is 8.93. The Bertz CT molecular complexity index is 963. The van der Waals surface area contributed by atoms with Crippen LogP contribution in [0.3, 0.4) is 0 Å². The highest BCUT2D eigenvalue weighted by molar-refractivity contribution is 5.92. The molecule has 0 aliphatic heterocycles. The van der Waals surface area contributed by atoms with Crippen LogP contribution in [0.4, 0.5) is 15.9 Å². The van der Waals surface area contributed by atoms with Gasteiger partial charge in [-0.25, -0.2) is 14.4 Å². The van der Waals surface area contributed by atoms with Gasteiger partial charge in [0.2, 0.25) is 0 Å². The lowest BCUT2D eigenvalue weighted by Gasteiger charge is -2.12. The van der Waals surface area contributed by atoms with Crippen LogP contribution in [0.25, 0.3) is 0 Å². The van der Waals surface area contributed by atoms with Crippen LogP contribution in [0.2, 0.25) is 0 Å². The van der Waals surface area contributed by atoms with Gasteiger partial charge in [-0.2, -0.15) is 0 Å². The largest absolute Gasteiger partial charge is 0.497 e. The number of halogens is 1. The maximum absolute atomic E-state index is 12.9. The van der Waals surface area contributed by atoms with Gasteiger partial charge in [-0.1, -0.05) is 12.1 Å². The molecular formula is C21H21FN4O3. The molecule has 0 unspecified atom stereocenters. The normalized spacial score (nSPS) is 10.3. The van der Waals surface area contributed by atoms with E-state index in [0.29, 0.717) is 36.0 Å². The summed E-state index contributed by atoms with van der Waals surface area (Å²) in [6.45, 7) is 0.410. The highest BCUT2D eigenvalue weighted by Gasteiger charge is 2.10. The van der Waals surface area contributed by atoms with Gasteiger partial charge in [-0.3, -0.25) is 4.79 Å². The Morgan fingerprint density at radius 3 is 2.48 bits per heavy atom. The summed E-state index contributed by atoms with van der Waals surface area (Å²) < 4.78 is 23.4. The second kappa shape index (κ2) is 9.50. The number of hydrogen-bond acceptors (Lipinski definition) is 6. The van der Waals surface area contributed by atoms with Crippen LogP contribution in [0.5, 0.6) is 11.5 Å². The topological polar surface area (TPSA) is 85.4 Å². The number of aromatic nitrogens is 2. The van der Waals surface area contributed by atoms with Gasteiger partial charge in [-0.05, 0) is 36.2 Å². The molecule has 0 fully saturated rings. The third kappa shape index (κ3) is 5.41. The molecule has 1 amide bonds. The predicted octanol–water partition coefficient (Wildman–Crippen LogP) is 3.35. The van der Waals surface area contributed by atoms with Gasteiger partial charge in [0.1, 0.15) is 28.8 Å². The van der Waals surface area contributed by atoms with Crippen LogP contribution in [0.1, 0.15) is 16.1 Å². The average molecular weight is 396 g/mol. The highest BCUT2D eigenvalue weighted by Crippen LogP contribution is 2.30. The lowest BCUT2D eigenvalue weighted by atomic mass is 10.1. The molecular weight excluding hydrogens is 375 g/mol. The van der Waals surface area contributed by atoms with Crippen molar-refractivity contribution >= 4 is 17.4 Å². The fraction of sp³-hybridized carbons (Fsp3) is 0.190. The molecule has 2 aromatic carbocycles. The average Bonchev–Trinajstić information content (AvgIpc) is 2.75. The minimum Gasteiger partial charge on any atom is -0.497 e. The minimum absolute atomic E-state index is 0.201. The van der Waals surface area contributed by atoms with Crippen molar-refractivity contribution in [1.29, 1.82) is 0 Å². The van der Waals surface area contributed by atoms with E-state index in [1.807, 2.05) is 0 Å². The molecule has 1 aromatic heterocycles. The van der Waals surface area contributed by atoms with Crippen molar-refractivity contribution in [2.45, 2.75) is 6.42 Å². The SMILES string of the molecule is COc1ccc(OC)c(Nc2cnc(C(=O)NCCc3ccc(F)cc3)cn2)c1. The van der Waals surface area contributed by atoms with Crippen molar-refractivity contribution in [3.05, 3.63) is 71.9 Å². The minimum atomic E-state index is -0.329. The fourth-order valence-electron chi connectivity index (χ4n) is 2.62. The number of amides is 1. The zero-order valence-electron chi connectivity index (χ0n) is 16.1. The van der Waals surface area contributed by atoms with Crippen LogP contribution in [0, 0.1) is 5.82 Å². The van der Waals surface area contributed by atoms with E-state index in [-0.39, 0.29) is 17.4 Å². The third-order valence-corrected chi connectivity index (χ3v) is 4.17. The Kier molecular flexibility index (Phi) is 6.57. The maximum atomic E-state index is 12.9. The van der Waals surface area contributed by atoms with E-state index in [2.05, 4.69) is 20.6 Å². The lowest BCUT2D eigenvalue weighted by molar-refractivity contribution is 0.0949. The molecule has 29 heavy (non-hydrogen) atoms. The number of benzene rings is 2. The van der Waals surface area contributed by atoms with E-state index < -0.39 is 0 Å². The Morgan fingerprint density at radius 2 is 1.83 bits per heavy atom. The van der Waals surface area contributed by atoms with Gasteiger partial charge in [0.05, 0.1) is 32.3 Å². The van der Waals surface area contributed by atoms with Gasteiger partial charge in [0, 0.05) is 12.6 Å². The van der Waals surface area contributed by atoms with E-state index in [1.54, 1.807) is 44.6 Å². The number of rotatable bonds is 8. The number of carbonyl (C=O) groups excluding carboxylic acids is 1. The molecule has 0 saturated carbocycles. The van der Waals surface area contributed by atoms with Gasteiger partial charge in [0.25, 0.3) is 5.91 Å². The first-order chi connectivity index (χ1) is 14.1. The Morgan fingerprint density at radius 1 is 1.03 bits per heavy atom. The van der Waals surface area contributed by atoms with Crippen LogP contribution in [-0.4, -0.2) is 36.6 Å². The number of nitrogens with zero attached hydrogens (tertiary/aromatic N) is 2. The number of nitrogens with one attached hydrogen (secondary N) is 2. The molecule has 0 aliphatic rings. The van der Waals surface area contributed by atoms with Crippen molar-refractivity contribution in [1.82, 2.24) is 15.3 Å². The van der Waals surface area contributed by atoms with Crippen molar-refractivity contribution in [2.24, 2.45) is 0 Å². The summed E-state index contributed by atoms with van der Waals surface area (Å²) in [6, 6.07) is 11.5. The Labute approximate surface area is 167 Å². The number of ether oxygens (including phenoxy) is 2. The summed E-state index contributed by atoms with van der Waals surface area (Å²) in [7, 11) is 3.15. The predicted molar refractivity (Wildman–Crippen MR) is 107 cm³/mol. The van der Waals surface area contributed by atoms with E-state index in [1.165, 1.54) is 24.5 Å². The second-order valence-corrected chi connectivity index (χ2v) is 6.11. The summed E-state index contributed by atoms with van der Waals surface area (Å²) >= 11 is 0. The van der Waals surface area contributed by atoms with Gasteiger partial charge in [-0.15, -0.1) is 0 Å². The van der Waals surface area contributed by atoms with Crippen molar-refractivity contribution in [3.8, 4) is 11.5 Å². The molecule has 0 spiro atoms. The second-order valence-electron chi connectivity index (χ2n) is 6.11.